The van der Waals surface area contributed by atoms with Gasteiger partial charge in [-0.1, -0.05) is 91.0 Å². The van der Waals surface area contributed by atoms with E-state index in [-0.39, 0.29) is 36.0 Å². The Morgan fingerprint density at radius 2 is 1.55 bits per heavy atom. The number of aromatic nitrogens is 4. The van der Waals surface area contributed by atoms with Crippen LogP contribution in [-0.2, 0) is 15.1 Å². The zero-order valence-electron chi connectivity index (χ0n) is 21.3. The number of fused-ring (bicyclic) bond motifs is 1. The molecule has 0 unspecified atom stereocenters. The molecule has 1 aliphatic rings. The molecule has 200 valence electrons. The van der Waals surface area contributed by atoms with Gasteiger partial charge in [-0.2, -0.15) is 0 Å². The van der Waals surface area contributed by atoms with Gasteiger partial charge < -0.3 is 15.2 Å². The van der Waals surface area contributed by atoms with Crippen LogP contribution in [0.15, 0.2) is 102 Å². The number of imidazole rings is 1. The summed E-state index contributed by atoms with van der Waals surface area (Å²) < 4.78 is 29.9. The number of alkyl halides is 1. The van der Waals surface area contributed by atoms with Crippen LogP contribution in [-0.4, -0.2) is 38.4 Å². The molecule has 5 aromatic rings. The van der Waals surface area contributed by atoms with E-state index in [0.717, 1.165) is 16.7 Å². The van der Waals surface area contributed by atoms with Crippen LogP contribution < -0.4 is 5.73 Å². The van der Waals surface area contributed by atoms with Gasteiger partial charge in [0.05, 0.1) is 19.0 Å². The number of ether oxygens (including phenoxy) is 2. The molecular formula is C29H25FN8O2. The minimum absolute atomic E-state index is 0.0257. The molecule has 1 saturated heterocycles. The highest BCUT2D eigenvalue weighted by atomic mass is 19.1. The molecule has 0 saturated carbocycles. The lowest BCUT2D eigenvalue weighted by Crippen LogP contribution is -2.35. The first-order chi connectivity index (χ1) is 19.6. The molecule has 0 aliphatic carbocycles. The molecule has 11 heteroatoms. The van der Waals surface area contributed by atoms with Gasteiger partial charge in [0.25, 0.3) is 0 Å². The van der Waals surface area contributed by atoms with Gasteiger partial charge in [0.2, 0.25) is 5.95 Å². The molecule has 0 bridgehead atoms. The zero-order valence-corrected chi connectivity index (χ0v) is 21.3. The third-order valence-corrected chi connectivity index (χ3v) is 7.00. The van der Waals surface area contributed by atoms with Crippen molar-refractivity contribution in [3.63, 3.8) is 0 Å². The minimum atomic E-state index is -1.37. The van der Waals surface area contributed by atoms with Gasteiger partial charge in [-0.3, -0.25) is 4.57 Å². The lowest BCUT2D eigenvalue weighted by Gasteiger charge is -2.36. The Hall–Kier alpha value is -4.83. The van der Waals surface area contributed by atoms with Crippen molar-refractivity contribution in [3.8, 4) is 0 Å². The van der Waals surface area contributed by atoms with E-state index in [9.17, 15) is 0 Å². The molecule has 3 heterocycles. The third kappa shape index (κ3) is 4.52. The number of nitrogens with zero attached hydrogens (tertiary/aromatic N) is 7. The number of rotatable bonds is 8. The molecule has 0 amide bonds. The van der Waals surface area contributed by atoms with Crippen LogP contribution in [0.1, 0.15) is 29.3 Å². The standard InChI is InChI=1S/C29H25FN8O2/c30-23-16-22(40-27(23)38-18-33-24-25(31)34-28(36-37-32)35-26(24)38)17-39-29(19-10-4-1-5-11-19,20-12-6-2-7-13-20)21-14-8-3-9-15-21/h1-15,18,22-23,27H,16-17H2,(H2,31,34,35)/t22-,23-,27+/m0/s1. The van der Waals surface area contributed by atoms with Crippen LogP contribution in [0.5, 0.6) is 0 Å². The Balaban J connectivity index is 1.33. The largest absolute Gasteiger partial charge is 0.382 e. The quantitative estimate of drug-likeness (QED) is 0.112. The molecule has 2 N–H and O–H groups in total. The second-order valence-corrected chi connectivity index (χ2v) is 9.41. The Labute approximate surface area is 228 Å². The summed E-state index contributed by atoms with van der Waals surface area (Å²) in [6, 6.07) is 29.9. The average Bonchev–Trinajstić information content (AvgIpc) is 3.58. The van der Waals surface area contributed by atoms with E-state index in [1.807, 2.05) is 91.0 Å². The number of nitrogens with two attached hydrogens (primary N) is 1. The van der Waals surface area contributed by atoms with Gasteiger partial charge in [-0.25, -0.2) is 19.3 Å². The van der Waals surface area contributed by atoms with E-state index < -0.39 is 24.1 Å². The summed E-state index contributed by atoms with van der Waals surface area (Å²) >= 11 is 0. The van der Waals surface area contributed by atoms with E-state index >= 15 is 4.39 Å². The van der Waals surface area contributed by atoms with Crippen LogP contribution in [0.3, 0.4) is 0 Å². The van der Waals surface area contributed by atoms with E-state index in [2.05, 4.69) is 25.0 Å². The Bertz CT molecular complexity index is 1560. The van der Waals surface area contributed by atoms with E-state index in [0.29, 0.717) is 0 Å². The van der Waals surface area contributed by atoms with Crippen LogP contribution in [0, 0.1) is 0 Å². The van der Waals surface area contributed by atoms with Gasteiger partial charge in [-0.15, -0.1) is 0 Å². The fraction of sp³-hybridized carbons (Fsp3) is 0.207. The number of hydrogen-bond donors (Lipinski definition) is 1. The number of halogens is 1. The topological polar surface area (TPSA) is 137 Å². The molecule has 3 aromatic carbocycles. The molecule has 1 aliphatic heterocycles. The van der Waals surface area contributed by atoms with Gasteiger partial charge in [0.15, 0.2) is 17.7 Å². The van der Waals surface area contributed by atoms with Crippen molar-refractivity contribution in [2.75, 3.05) is 12.3 Å². The average molecular weight is 537 g/mol. The predicted octanol–water partition coefficient (Wildman–Crippen LogP) is 5.98. The summed E-state index contributed by atoms with van der Waals surface area (Å²) in [7, 11) is 0. The Morgan fingerprint density at radius 1 is 0.975 bits per heavy atom. The molecule has 1 fully saturated rings. The molecule has 6 rings (SSSR count). The molecule has 0 spiro atoms. The van der Waals surface area contributed by atoms with Crippen molar-refractivity contribution >= 4 is 22.9 Å². The normalized spacial score (nSPS) is 19.0. The first kappa shape index (κ1) is 25.4. The molecule has 40 heavy (non-hydrogen) atoms. The monoisotopic (exact) mass is 536 g/mol. The maximum atomic E-state index is 15.5. The second kappa shape index (κ2) is 10.7. The maximum absolute atomic E-state index is 15.5. The SMILES string of the molecule is [N-]=[N+]=Nc1nc(N)c2ncn([C@@H]3O[C@H](COC(c4ccccc4)(c4ccccc4)c4ccccc4)C[C@@H]3F)c2n1. The lowest BCUT2D eigenvalue weighted by atomic mass is 9.80. The van der Waals surface area contributed by atoms with E-state index in [4.69, 9.17) is 20.7 Å². The van der Waals surface area contributed by atoms with Crippen LogP contribution in [0.4, 0.5) is 16.2 Å². The minimum Gasteiger partial charge on any atom is -0.382 e. The van der Waals surface area contributed by atoms with Gasteiger partial charge >= 0.3 is 0 Å². The van der Waals surface area contributed by atoms with Crippen LogP contribution in [0.25, 0.3) is 21.6 Å². The van der Waals surface area contributed by atoms with E-state index in [1.165, 1.54) is 10.9 Å². The molecule has 10 nitrogen and oxygen atoms in total. The summed E-state index contributed by atoms with van der Waals surface area (Å²) in [6.45, 7) is 0.114. The van der Waals surface area contributed by atoms with Crippen LogP contribution in [0.2, 0.25) is 0 Å². The van der Waals surface area contributed by atoms with Crippen molar-refractivity contribution in [2.24, 2.45) is 5.11 Å². The van der Waals surface area contributed by atoms with Crippen LogP contribution >= 0.6 is 0 Å². The number of nitrogen functional groups attached to an aromatic ring is 1. The number of hydrogen-bond acceptors (Lipinski definition) is 7. The third-order valence-electron chi connectivity index (χ3n) is 7.00. The van der Waals surface area contributed by atoms with Crippen molar-refractivity contribution in [3.05, 3.63) is 124 Å². The molecule has 0 radical (unpaired) electrons. The highest BCUT2D eigenvalue weighted by Crippen LogP contribution is 2.42. The molecule has 3 atom stereocenters. The van der Waals surface area contributed by atoms with Crippen molar-refractivity contribution < 1.29 is 13.9 Å². The fourth-order valence-electron chi connectivity index (χ4n) is 5.24. The fourth-order valence-corrected chi connectivity index (χ4v) is 5.24. The second-order valence-electron chi connectivity index (χ2n) is 9.41. The summed E-state index contributed by atoms with van der Waals surface area (Å²) in [6.07, 6.45) is -1.46. The summed E-state index contributed by atoms with van der Waals surface area (Å²) in [5.74, 6) is -0.154. The number of anilines is 1. The Morgan fingerprint density at radius 3 is 2.10 bits per heavy atom. The zero-order chi connectivity index (χ0) is 27.5. The first-order valence-electron chi connectivity index (χ1n) is 12.8. The summed E-state index contributed by atoms with van der Waals surface area (Å²) in [5.41, 5.74) is 17.1. The lowest BCUT2D eigenvalue weighted by molar-refractivity contribution is -0.0804. The van der Waals surface area contributed by atoms with Gasteiger partial charge in [-0.05, 0) is 27.3 Å². The first-order valence-corrected chi connectivity index (χ1v) is 12.8. The summed E-state index contributed by atoms with van der Waals surface area (Å²) in [4.78, 5) is 15.1. The van der Waals surface area contributed by atoms with Crippen molar-refractivity contribution in [1.82, 2.24) is 19.5 Å². The molecular weight excluding hydrogens is 511 g/mol. The van der Waals surface area contributed by atoms with Gasteiger partial charge in [0, 0.05) is 11.3 Å². The summed E-state index contributed by atoms with van der Waals surface area (Å²) in [5, 5.41) is 3.42. The number of benzene rings is 3. The van der Waals surface area contributed by atoms with E-state index in [1.54, 1.807) is 0 Å². The Kier molecular flexibility index (Phi) is 6.83. The highest BCUT2D eigenvalue weighted by molar-refractivity contribution is 5.82. The number of azide groups is 1. The van der Waals surface area contributed by atoms with Gasteiger partial charge in [0.1, 0.15) is 17.3 Å². The highest BCUT2D eigenvalue weighted by Gasteiger charge is 2.42. The predicted molar refractivity (Wildman–Crippen MR) is 147 cm³/mol. The maximum Gasteiger partial charge on any atom is 0.220 e. The van der Waals surface area contributed by atoms with Crippen molar-refractivity contribution in [1.29, 1.82) is 0 Å². The smallest absolute Gasteiger partial charge is 0.220 e. The molecule has 2 aromatic heterocycles. The van der Waals surface area contributed by atoms with Crippen molar-refractivity contribution in [2.45, 2.75) is 30.5 Å².